The smallest absolute Gasteiger partial charge is 0.0642 e. The number of hydrogen-bond donors (Lipinski definition) is 1. The number of para-hydroxylation sites is 1. The first-order valence-corrected chi connectivity index (χ1v) is 13.0. The second-order valence-electron chi connectivity index (χ2n) is 9.19. The Morgan fingerprint density at radius 2 is 1.69 bits per heavy atom. The normalized spacial score (nSPS) is 17.9. The fraction of sp³-hybridized carbons (Fsp3) is 0.333. The number of benzene rings is 2. The molecule has 5 rings (SSSR count). The lowest BCUT2D eigenvalue weighted by atomic mass is 10.1. The molecule has 6 heteroatoms. The van der Waals surface area contributed by atoms with Crippen LogP contribution in [0.1, 0.15) is 37.8 Å². The summed E-state index contributed by atoms with van der Waals surface area (Å²) in [5.41, 5.74) is 8.59. The number of allylic oxidation sites excluding steroid dienone is 2. The van der Waals surface area contributed by atoms with Crippen molar-refractivity contribution in [2.45, 2.75) is 26.7 Å². The molecule has 1 fully saturated rings. The number of morpholine rings is 1. The van der Waals surface area contributed by atoms with Crippen LogP contribution in [0.5, 0.6) is 0 Å². The van der Waals surface area contributed by atoms with Crippen LogP contribution in [0.25, 0.3) is 17.0 Å². The van der Waals surface area contributed by atoms with Gasteiger partial charge in [0.25, 0.3) is 0 Å². The minimum absolute atomic E-state index is 0.762. The number of aromatic nitrogens is 1. The van der Waals surface area contributed by atoms with Crippen molar-refractivity contribution in [3.63, 3.8) is 0 Å². The van der Waals surface area contributed by atoms with Gasteiger partial charge in [0, 0.05) is 60.2 Å². The summed E-state index contributed by atoms with van der Waals surface area (Å²) < 4.78 is 5.63. The first-order chi connectivity index (χ1) is 17.8. The summed E-state index contributed by atoms with van der Waals surface area (Å²) in [5, 5.41) is 9.99. The molecule has 0 bridgehead atoms. The zero-order valence-electron chi connectivity index (χ0n) is 21.3. The zero-order chi connectivity index (χ0) is 24.7. The molecule has 0 spiro atoms. The Hall–Kier alpha value is -3.64. The van der Waals surface area contributed by atoms with Crippen molar-refractivity contribution >= 4 is 35.1 Å². The Morgan fingerprint density at radius 1 is 0.944 bits per heavy atom. The van der Waals surface area contributed by atoms with Gasteiger partial charge in [-0.05, 0) is 67.7 Å². The number of nitrogens with one attached hydrogen (secondary N) is 1. The Morgan fingerprint density at radius 3 is 2.47 bits per heavy atom. The van der Waals surface area contributed by atoms with E-state index in [1.807, 2.05) is 30.8 Å². The van der Waals surface area contributed by atoms with E-state index in [9.17, 15) is 0 Å². The zero-order valence-corrected chi connectivity index (χ0v) is 21.3. The fourth-order valence-electron chi connectivity index (χ4n) is 5.14. The molecule has 1 aliphatic heterocycles. The molecule has 36 heavy (non-hydrogen) atoms. The van der Waals surface area contributed by atoms with Gasteiger partial charge in [-0.1, -0.05) is 30.3 Å². The maximum absolute atomic E-state index is 5.63. The molecular weight excluding hydrogens is 446 g/mol. The molecule has 1 aromatic heterocycles. The molecule has 0 unspecified atom stereocenters. The average Bonchev–Trinajstić information content (AvgIpc) is 3.52. The number of nitrogens with zero attached hydrogens (tertiary/aromatic N) is 4. The van der Waals surface area contributed by atoms with Crippen LogP contribution >= 0.6 is 0 Å². The first-order valence-electron chi connectivity index (χ1n) is 13.0. The van der Waals surface area contributed by atoms with Crippen LogP contribution in [0, 0.1) is 0 Å². The van der Waals surface area contributed by atoms with Gasteiger partial charge in [-0.15, -0.1) is 0 Å². The molecule has 6 nitrogen and oxygen atoms in total. The van der Waals surface area contributed by atoms with Crippen molar-refractivity contribution in [3.05, 3.63) is 82.7 Å². The van der Waals surface area contributed by atoms with E-state index in [1.54, 1.807) is 0 Å². The fourth-order valence-corrected chi connectivity index (χ4v) is 5.14. The summed E-state index contributed by atoms with van der Waals surface area (Å²) in [6.07, 6.45) is 10.1. The van der Waals surface area contributed by atoms with Crippen molar-refractivity contribution < 1.29 is 4.74 Å². The van der Waals surface area contributed by atoms with Gasteiger partial charge in [-0.2, -0.15) is 10.2 Å². The average molecular weight is 482 g/mol. The minimum Gasteiger partial charge on any atom is -0.378 e. The molecule has 1 saturated heterocycles. The molecular formula is C30H35N5O. The second kappa shape index (κ2) is 11.4. The third kappa shape index (κ3) is 5.29. The highest BCUT2D eigenvalue weighted by Gasteiger charge is 2.25. The van der Waals surface area contributed by atoms with Crippen LogP contribution in [0.3, 0.4) is 0 Å². The third-order valence-electron chi connectivity index (χ3n) is 7.06. The summed E-state index contributed by atoms with van der Waals surface area (Å²) in [4.78, 5) is 8.11. The van der Waals surface area contributed by atoms with E-state index in [4.69, 9.17) is 4.74 Å². The highest BCUT2D eigenvalue weighted by Crippen LogP contribution is 2.35. The van der Waals surface area contributed by atoms with Crippen molar-refractivity contribution in [1.82, 2.24) is 9.88 Å². The van der Waals surface area contributed by atoms with Gasteiger partial charge < -0.3 is 19.5 Å². The van der Waals surface area contributed by atoms with E-state index in [0.29, 0.717) is 0 Å². The number of ether oxygens (including phenoxy) is 1. The van der Waals surface area contributed by atoms with Crippen LogP contribution in [-0.2, 0) is 4.74 Å². The maximum Gasteiger partial charge on any atom is 0.0642 e. The van der Waals surface area contributed by atoms with Gasteiger partial charge in [0.15, 0.2) is 0 Å². The summed E-state index contributed by atoms with van der Waals surface area (Å²) >= 11 is 0. The van der Waals surface area contributed by atoms with Gasteiger partial charge >= 0.3 is 0 Å². The molecule has 1 aliphatic carbocycles. The lowest BCUT2D eigenvalue weighted by Gasteiger charge is -2.31. The summed E-state index contributed by atoms with van der Waals surface area (Å²) in [6, 6.07) is 17.2. The molecule has 2 aliphatic rings. The number of H-pyrrole nitrogens is 1. The number of fused-ring (bicyclic) bond motifs is 1. The van der Waals surface area contributed by atoms with E-state index in [-0.39, 0.29) is 0 Å². The van der Waals surface area contributed by atoms with E-state index >= 15 is 0 Å². The van der Waals surface area contributed by atoms with Crippen molar-refractivity contribution in [3.8, 4) is 0 Å². The molecule has 186 valence electrons. The topological polar surface area (TPSA) is 56.2 Å². The van der Waals surface area contributed by atoms with Gasteiger partial charge in [0.2, 0.25) is 0 Å². The molecule has 0 radical (unpaired) electrons. The molecule has 2 aromatic carbocycles. The molecule has 1 N–H and O–H groups in total. The number of rotatable bonds is 8. The SMILES string of the molecule is CCN(CC)c1ccc(C=C2CCC(C=N/N=C/c3c[nH]c4ccccc34)=C2N2CCOCC2)cc1. The largest absolute Gasteiger partial charge is 0.378 e. The standard InChI is InChI=1S/C30H35N5O/c1-3-34(4-2)27-13-9-23(10-14-27)19-24-11-12-25(30(24)35-15-17-36-18-16-35)21-32-33-22-26-20-31-29-8-6-5-7-28(26)29/h5-10,13-14,19-22,31H,3-4,11-12,15-18H2,1-2H3/b24-19?,32-21?,33-22+. The monoisotopic (exact) mass is 481 g/mol. The van der Waals surface area contributed by atoms with Gasteiger partial charge in [-0.3, -0.25) is 0 Å². The molecule has 0 atom stereocenters. The van der Waals surface area contributed by atoms with Crippen LogP contribution in [0.2, 0.25) is 0 Å². The van der Waals surface area contributed by atoms with Crippen molar-refractivity contribution in [2.75, 3.05) is 44.3 Å². The number of aromatic amines is 1. The van der Waals surface area contributed by atoms with E-state index in [1.165, 1.54) is 28.1 Å². The van der Waals surface area contributed by atoms with Crippen molar-refractivity contribution in [2.24, 2.45) is 10.2 Å². The predicted octanol–water partition coefficient (Wildman–Crippen LogP) is 5.88. The quantitative estimate of drug-likeness (QED) is 0.323. The van der Waals surface area contributed by atoms with E-state index in [0.717, 1.165) is 68.7 Å². The molecule has 2 heterocycles. The van der Waals surface area contributed by atoms with Gasteiger partial charge in [-0.25, -0.2) is 0 Å². The van der Waals surface area contributed by atoms with Gasteiger partial charge in [0.1, 0.15) is 0 Å². The highest BCUT2D eigenvalue weighted by atomic mass is 16.5. The van der Waals surface area contributed by atoms with Crippen LogP contribution in [0.15, 0.2) is 81.8 Å². The van der Waals surface area contributed by atoms with E-state index in [2.05, 4.69) is 81.3 Å². The van der Waals surface area contributed by atoms with Crippen LogP contribution < -0.4 is 4.90 Å². The third-order valence-corrected chi connectivity index (χ3v) is 7.06. The number of anilines is 1. The molecule has 3 aromatic rings. The Kier molecular flexibility index (Phi) is 7.62. The minimum atomic E-state index is 0.762. The Labute approximate surface area is 213 Å². The Bertz CT molecular complexity index is 1290. The van der Waals surface area contributed by atoms with Gasteiger partial charge in [0.05, 0.1) is 25.6 Å². The van der Waals surface area contributed by atoms with Crippen LogP contribution in [-0.4, -0.2) is 61.7 Å². The van der Waals surface area contributed by atoms with Crippen molar-refractivity contribution in [1.29, 1.82) is 0 Å². The summed E-state index contributed by atoms with van der Waals surface area (Å²) in [5.74, 6) is 0. The second-order valence-corrected chi connectivity index (χ2v) is 9.19. The highest BCUT2D eigenvalue weighted by molar-refractivity contribution is 5.99. The molecule has 0 saturated carbocycles. The first kappa shape index (κ1) is 24.1. The lowest BCUT2D eigenvalue weighted by Crippen LogP contribution is -2.36. The summed E-state index contributed by atoms with van der Waals surface area (Å²) in [7, 11) is 0. The van der Waals surface area contributed by atoms with Crippen LogP contribution in [0.4, 0.5) is 5.69 Å². The van der Waals surface area contributed by atoms with E-state index < -0.39 is 0 Å². The predicted molar refractivity (Wildman–Crippen MR) is 151 cm³/mol. The molecule has 0 amide bonds. The Balaban J connectivity index is 1.39. The summed E-state index contributed by atoms with van der Waals surface area (Å²) in [6.45, 7) is 9.78. The lowest BCUT2D eigenvalue weighted by molar-refractivity contribution is 0.0548. The number of hydrogen-bond acceptors (Lipinski definition) is 5. The maximum atomic E-state index is 5.63.